The number of nitrogens with zero attached hydrogens (tertiary/aromatic N) is 2. The molecule has 2 aliphatic heterocycles. The van der Waals surface area contributed by atoms with Crippen molar-refractivity contribution in [2.24, 2.45) is 5.92 Å². The zero-order valence-electron chi connectivity index (χ0n) is 23.3. The Morgan fingerprint density at radius 3 is 2.39 bits per heavy atom. The molecule has 5 rings (SSSR count). The molecule has 0 spiro atoms. The first-order chi connectivity index (χ1) is 19.6. The second-order valence-corrected chi connectivity index (χ2v) is 10.9. The van der Waals surface area contributed by atoms with Crippen LogP contribution in [-0.2, 0) is 4.79 Å². The van der Waals surface area contributed by atoms with Crippen molar-refractivity contribution in [2.45, 2.75) is 19.4 Å². The van der Waals surface area contributed by atoms with Crippen molar-refractivity contribution in [2.75, 3.05) is 44.4 Å². The predicted octanol–water partition coefficient (Wildman–Crippen LogP) is 4.01. The molecule has 4 N–H and O–H groups in total. The first kappa shape index (κ1) is 28.1. The number of likely N-dealkylation sites (tertiary alicyclic amines) is 1. The van der Waals surface area contributed by atoms with Crippen LogP contribution >= 0.6 is 0 Å². The number of carbonyl (C=O) groups excluding carboxylic acids is 2. The van der Waals surface area contributed by atoms with Gasteiger partial charge in [0.05, 0.1) is 28.6 Å². The molecule has 3 aromatic carbocycles. The number of aliphatic hydroxyl groups excluding tert-OH is 1. The third kappa shape index (κ3) is 5.86. The monoisotopic (exact) mass is 554 g/mol. The van der Waals surface area contributed by atoms with E-state index in [0.717, 1.165) is 18.5 Å². The van der Waals surface area contributed by atoms with Crippen LogP contribution in [0.5, 0.6) is 0 Å². The molecule has 2 amide bonds. The second kappa shape index (κ2) is 11.6. The molecule has 2 atom stereocenters. The number of fused-ring (bicyclic) bond motifs is 1. The normalized spacial score (nSPS) is 19.5. The third-order valence-corrected chi connectivity index (χ3v) is 7.66. The minimum Gasteiger partial charge on any atom is -0.478 e. The fraction of sp³-hybridized carbons (Fsp3) is 0.281. The van der Waals surface area contributed by atoms with Crippen LogP contribution < -0.4 is 10.6 Å². The molecule has 0 unspecified atom stereocenters. The number of β-amino-alcohol motifs (C(OH)–C–C–N with tert-alkyl or cyclic N) is 1. The van der Waals surface area contributed by atoms with Gasteiger partial charge < -0.3 is 30.6 Å². The molecular weight excluding hydrogens is 520 g/mol. The Kier molecular flexibility index (Phi) is 7.92. The molecule has 0 radical (unpaired) electrons. The maximum absolute atomic E-state index is 13.2. The number of hydrogen-bond donors (Lipinski definition) is 4. The molecular formula is C32H34N4O5. The number of carboxylic acid groups (broad SMARTS) is 1. The van der Waals surface area contributed by atoms with E-state index in [1.165, 1.54) is 6.07 Å². The highest BCUT2D eigenvalue weighted by Crippen LogP contribution is 2.39. The molecule has 0 aliphatic carbocycles. The Labute approximate surface area is 239 Å². The van der Waals surface area contributed by atoms with Crippen molar-refractivity contribution >= 4 is 40.4 Å². The zero-order valence-corrected chi connectivity index (χ0v) is 23.3. The van der Waals surface area contributed by atoms with Gasteiger partial charge in [0.25, 0.3) is 11.8 Å². The van der Waals surface area contributed by atoms with Gasteiger partial charge in [-0.15, -0.1) is 0 Å². The molecule has 9 nitrogen and oxygen atoms in total. The van der Waals surface area contributed by atoms with Crippen molar-refractivity contribution in [3.8, 4) is 0 Å². The van der Waals surface area contributed by atoms with E-state index in [4.69, 9.17) is 0 Å². The summed E-state index contributed by atoms with van der Waals surface area (Å²) in [5, 5.41) is 26.3. The van der Waals surface area contributed by atoms with Crippen LogP contribution in [0.1, 0.15) is 43.8 Å². The van der Waals surface area contributed by atoms with Gasteiger partial charge in [-0.2, -0.15) is 0 Å². The zero-order chi connectivity index (χ0) is 29.3. The number of aliphatic hydroxyl groups is 1. The van der Waals surface area contributed by atoms with Crippen molar-refractivity contribution in [3.05, 3.63) is 94.5 Å². The SMILES string of the molecule is Cc1cc2c(cc1C(=O)O)NC(=O)/C2=C(/Nc1ccc(C(=O)N2CC[C@@H](CN(C)C)[C@H](O)C2)cc1)c1ccccc1. The molecule has 41 heavy (non-hydrogen) atoms. The number of anilines is 2. The molecule has 9 heteroatoms. The predicted molar refractivity (Wildman–Crippen MR) is 159 cm³/mol. The van der Waals surface area contributed by atoms with Crippen LogP contribution in [-0.4, -0.2) is 77.6 Å². The largest absolute Gasteiger partial charge is 0.478 e. The summed E-state index contributed by atoms with van der Waals surface area (Å²) in [5.74, 6) is -1.38. The van der Waals surface area contributed by atoms with Crippen molar-refractivity contribution < 1.29 is 24.6 Å². The Hall–Kier alpha value is -4.47. The summed E-state index contributed by atoms with van der Waals surface area (Å²) in [5.41, 5.74) is 4.69. The van der Waals surface area contributed by atoms with Crippen LogP contribution in [0.3, 0.4) is 0 Å². The maximum atomic E-state index is 13.2. The lowest BCUT2D eigenvalue weighted by Crippen LogP contribution is -2.48. The molecule has 3 aromatic rings. The second-order valence-electron chi connectivity index (χ2n) is 10.9. The van der Waals surface area contributed by atoms with Crippen LogP contribution in [0.25, 0.3) is 11.3 Å². The van der Waals surface area contributed by atoms with Gasteiger partial charge in [0.2, 0.25) is 0 Å². The number of benzene rings is 3. The van der Waals surface area contributed by atoms with Gasteiger partial charge in [-0.3, -0.25) is 9.59 Å². The summed E-state index contributed by atoms with van der Waals surface area (Å²) >= 11 is 0. The highest BCUT2D eigenvalue weighted by atomic mass is 16.4. The first-order valence-electron chi connectivity index (χ1n) is 13.6. The fourth-order valence-electron chi connectivity index (χ4n) is 5.56. The number of carbonyl (C=O) groups is 3. The Morgan fingerprint density at radius 2 is 1.76 bits per heavy atom. The quantitative estimate of drug-likeness (QED) is 0.326. The number of aromatic carboxylic acids is 1. The van der Waals surface area contributed by atoms with Crippen molar-refractivity contribution in [1.82, 2.24) is 9.80 Å². The van der Waals surface area contributed by atoms with Crippen LogP contribution in [0, 0.1) is 12.8 Å². The molecule has 1 saturated heterocycles. The number of carboxylic acids is 1. The number of hydrogen-bond acceptors (Lipinski definition) is 6. The molecule has 2 aliphatic rings. The maximum Gasteiger partial charge on any atom is 0.336 e. The molecule has 2 heterocycles. The summed E-state index contributed by atoms with van der Waals surface area (Å²) < 4.78 is 0. The average molecular weight is 555 g/mol. The van der Waals surface area contributed by atoms with Crippen LogP contribution in [0.4, 0.5) is 11.4 Å². The minimum absolute atomic E-state index is 0.130. The van der Waals surface area contributed by atoms with E-state index >= 15 is 0 Å². The van der Waals surface area contributed by atoms with Gasteiger partial charge in [0, 0.05) is 42.4 Å². The first-order valence-corrected chi connectivity index (χ1v) is 13.6. The van der Waals surface area contributed by atoms with Gasteiger partial charge in [-0.05, 0) is 75.0 Å². The van der Waals surface area contributed by atoms with E-state index in [2.05, 4.69) is 15.5 Å². The number of piperidine rings is 1. The Balaban J connectivity index is 1.42. The van der Waals surface area contributed by atoms with Crippen molar-refractivity contribution in [1.29, 1.82) is 0 Å². The number of amides is 2. The van der Waals surface area contributed by atoms with Gasteiger partial charge in [-0.25, -0.2) is 4.79 Å². The Morgan fingerprint density at radius 1 is 1.05 bits per heavy atom. The van der Waals surface area contributed by atoms with E-state index in [1.54, 1.807) is 42.2 Å². The lowest BCUT2D eigenvalue weighted by Gasteiger charge is -2.37. The van der Waals surface area contributed by atoms with Gasteiger partial charge in [0.15, 0.2) is 0 Å². The molecule has 0 saturated carbocycles. The number of rotatable bonds is 7. The van der Waals surface area contributed by atoms with E-state index in [9.17, 15) is 24.6 Å². The summed E-state index contributed by atoms with van der Waals surface area (Å²) in [6, 6.07) is 19.7. The standard InChI is InChI=1S/C32H34N4O5/c1-19-15-25-26(16-24(19)32(40)41)34-30(38)28(25)29(20-7-5-4-6-8-20)33-23-11-9-21(10-12-23)31(39)36-14-13-22(17-35(2)3)27(37)18-36/h4-12,15-16,22,27,33,37H,13-14,17-18H2,1-3H3,(H,34,38)(H,40,41)/b29-28+/t22-,27+/m0/s1. The molecule has 0 aromatic heterocycles. The third-order valence-electron chi connectivity index (χ3n) is 7.66. The van der Waals surface area contributed by atoms with Gasteiger partial charge >= 0.3 is 5.97 Å². The molecule has 212 valence electrons. The summed E-state index contributed by atoms with van der Waals surface area (Å²) in [6.07, 6.45) is 0.183. The van der Waals surface area contributed by atoms with Gasteiger partial charge in [0.1, 0.15) is 0 Å². The highest BCUT2D eigenvalue weighted by molar-refractivity contribution is 6.37. The van der Waals surface area contributed by atoms with Crippen LogP contribution in [0.15, 0.2) is 66.7 Å². The lowest BCUT2D eigenvalue weighted by molar-refractivity contribution is -0.110. The van der Waals surface area contributed by atoms with E-state index in [0.29, 0.717) is 52.4 Å². The Bertz CT molecular complexity index is 1520. The highest BCUT2D eigenvalue weighted by Gasteiger charge is 2.32. The average Bonchev–Trinajstić information content (AvgIpc) is 3.26. The number of nitrogens with one attached hydrogen (secondary N) is 2. The van der Waals surface area contributed by atoms with Gasteiger partial charge in [-0.1, -0.05) is 30.3 Å². The minimum atomic E-state index is -1.06. The summed E-state index contributed by atoms with van der Waals surface area (Å²) in [7, 11) is 3.96. The van der Waals surface area contributed by atoms with Crippen molar-refractivity contribution in [3.63, 3.8) is 0 Å². The van der Waals surface area contributed by atoms with Crippen LogP contribution in [0.2, 0.25) is 0 Å². The number of aryl methyl sites for hydroxylation is 1. The van der Waals surface area contributed by atoms with E-state index < -0.39 is 12.1 Å². The molecule has 1 fully saturated rings. The smallest absolute Gasteiger partial charge is 0.336 e. The summed E-state index contributed by atoms with van der Waals surface area (Å²) in [6.45, 7) is 3.39. The summed E-state index contributed by atoms with van der Waals surface area (Å²) in [4.78, 5) is 41.8. The topological polar surface area (TPSA) is 122 Å². The van der Waals surface area contributed by atoms with E-state index in [-0.39, 0.29) is 23.3 Å². The lowest BCUT2D eigenvalue weighted by atomic mass is 9.93. The van der Waals surface area contributed by atoms with E-state index in [1.807, 2.05) is 44.4 Å². The fourth-order valence-corrected chi connectivity index (χ4v) is 5.56. The molecule has 0 bridgehead atoms.